The van der Waals surface area contributed by atoms with Crippen LogP contribution in [0.4, 0.5) is 0 Å². The van der Waals surface area contributed by atoms with Crippen LogP contribution >= 0.6 is 0 Å². The third-order valence-electron chi connectivity index (χ3n) is 11.0. The van der Waals surface area contributed by atoms with Gasteiger partial charge in [-0.15, -0.1) is 0 Å². The third kappa shape index (κ3) is 48.0. The maximum atomic E-state index is 12.8. The molecule has 0 aromatic carbocycles. The number of unbranched alkanes of at least 4 members (excludes halogenated alkanes) is 25. The van der Waals surface area contributed by atoms with Gasteiger partial charge in [0.05, 0.1) is 0 Å². The first-order chi connectivity index (χ1) is 30.0. The predicted molar refractivity (Wildman–Crippen MR) is 261 cm³/mol. The minimum absolute atomic E-state index is 0.0815. The summed E-state index contributed by atoms with van der Waals surface area (Å²) in [6.07, 6.45) is 60.5. The number of rotatable bonds is 46. The number of allylic oxidation sites excluding steroid dienone is 10. The van der Waals surface area contributed by atoms with Gasteiger partial charge in [0.25, 0.3) is 0 Å². The van der Waals surface area contributed by atoms with Crippen LogP contribution in [0.5, 0.6) is 0 Å². The molecule has 6 heteroatoms. The summed E-state index contributed by atoms with van der Waals surface area (Å²) in [6, 6.07) is 0. The van der Waals surface area contributed by atoms with E-state index in [1.165, 1.54) is 103 Å². The minimum Gasteiger partial charge on any atom is -0.462 e. The van der Waals surface area contributed by atoms with Gasteiger partial charge in [-0.05, 0) is 83.5 Å². The van der Waals surface area contributed by atoms with E-state index in [0.29, 0.717) is 19.3 Å². The summed E-state index contributed by atoms with van der Waals surface area (Å²) in [6.45, 7) is 6.48. The zero-order valence-corrected chi connectivity index (χ0v) is 40.2. The lowest BCUT2D eigenvalue weighted by molar-refractivity contribution is -0.167. The monoisotopic (exact) mass is 853 g/mol. The molecule has 0 saturated heterocycles. The molecule has 0 aliphatic rings. The fraction of sp³-hybridized carbons (Fsp3) is 0.764. The molecule has 0 fully saturated rings. The molecular weight excluding hydrogens is 757 g/mol. The Morgan fingerprint density at radius 2 is 0.639 bits per heavy atom. The summed E-state index contributed by atoms with van der Waals surface area (Å²) in [5, 5.41) is 0. The lowest BCUT2D eigenvalue weighted by Crippen LogP contribution is -2.30. The fourth-order valence-corrected chi connectivity index (χ4v) is 7.13. The molecule has 0 rings (SSSR count). The SMILES string of the molecule is CC/C=C\C/C=C\C/C=C\CCCCCCCC(=O)OC[C@H](COC(=O)CCCCCCCCCCCCC)OC(=O)CCCCCCCCC/C=C\C/C=C\CCCCC. The van der Waals surface area contributed by atoms with Gasteiger partial charge >= 0.3 is 17.9 Å². The quantitative estimate of drug-likeness (QED) is 0.0263. The van der Waals surface area contributed by atoms with Crippen molar-refractivity contribution in [3.8, 4) is 0 Å². The average molecular weight is 853 g/mol. The molecule has 61 heavy (non-hydrogen) atoms. The molecule has 0 aromatic heterocycles. The highest BCUT2D eigenvalue weighted by Crippen LogP contribution is 2.15. The highest BCUT2D eigenvalue weighted by atomic mass is 16.6. The van der Waals surface area contributed by atoms with Crippen LogP contribution in [-0.4, -0.2) is 37.2 Å². The molecule has 6 nitrogen and oxygen atoms in total. The highest BCUT2D eigenvalue weighted by Gasteiger charge is 2.19. The van der Waals surface area contributed by atoms with Crippen molar-refractivity contribution >= 4 is 17.9 Å². The molecule has 0 aliphatic carbocycles. The Hall–Kier alpha value is -2.89. The molecule has 0 heterocycles. The predicted octanol–water partition coefficient (Wildman–Crippen LogP) is 16.9. The van der Waals surface area contributed by atoms with Crippen molar-refractivity contribution < 1.29 is 28.6 Å². The first kappa shape index (κ1) is 58.1. The van der Waals surface area contributed by atoms with Gasteiger partial charge in [0.2, 0.25) is 0 Å². The van der Waals surface area contributed by atoms with Crippen LogP contribution in [0.25, 0.3) is 0 Å². The van der Waals surface area contributed by atoms with E-state index in [1.807, 2.05) is 0 Å². The van der Waals surface area contributed by atoms with Crippen LogP contribution in [0.3, 0.4) is 0 Å². The van der Waals surface area contributed by atoms with Crippen molar-refractivity contribution in [2.75, 3.05) is 13.2 Å². The fourth-order valence-electron chi connectivity index (χ4n) is 7.13. The normalized spacial score (nSPS) is 12.5. The maximum Gasteiger partial charge on any atom is 0.306 e. The van der Waals surface area contributed by atoms with Crippen LogP contribution in [0.2, 0.25) is 0 Å². The highest BCUT2D eigenvalue weighted by molar-refractivity contribution is 5.71. The molecule has 0 aromatic rings. The van der Waals surface area contributed by atoms with Crippen LogP contribution in [-0.2, 0) is 28.6 Å². The number of carbonyl (C=O) groups excluding carboxylic acids is 3. The number of esters is 3. The second-order valence-corrected chi connectivity index (χ2v) is 17.1. The van der Waals surface area contributed by atoms with E-state index in [9.17, 15) is 14.4 Å². The first-order valence-corrected chi connectivity index (χ1v) is 25.8. The summed E-state index contributed by atoms with van der Waals surface area (Å²) in [4.78, 5) is 37.9. The lowest BCUT2D eigenvalue weighted by Gasteiger charge is -2.18. The molecule has 0 saturated carbocycles. The van der Waals surface area contributed by atoms with Crippen LogP contribution < -0.4 is 0 Å². The van der Waals surface area contributed by atoms with E-state index in [-0.39, 0.29) is 31.1 Å². The molecule has 0 N–H and O–H groups in total. The summed E-state index contributed by atoms with van der Waals surface area (Å²) in [5.41, 5.74) is 0. The smallest absolute Gasteiger partial charge is 0.306 e. The van der Waals surface area contributed by atoms with Crippen LogP contribution in [0.1, 0.15) is 252 Å². The maximum absolute atomic E-state index is 12.8. The minimum atomic E-state index is -0.782. The molecular formula is C55H96O6. The van der Waals surface area contributed by atoms with Gasteiger partial charge in [-0.25, -0.2) is 0 Å². The van der Waals surface area contributed by atoms with E-state index >= 15 is 0 Å². The van der Waals surface area contributed by atoms with Gasteiger partial charge in [-0.3, -0.25) is 14.4 Å². The molecule has 352 valence electrons. The van der Waals surface area contributed by atoms with Crippen LogP contribution in [0.15, 0.2) is 60.8 Å². The second kappa shape index (κ2) is 49.8. The molecule has 0 bridgehead atoms. The Balaban J connectivity index is 4.40. The van der Waals surface area contributed by atoms with Gasteiger partial charge in [-0.1, -0.05) is 210 Å². The van der Waals surface area contributed by atoms with Gasteiger partial charge in [0.1, 0.15) is 13.2 Å². The zero-order valence-electron chi connectivity index (χ0n) is 40.2. The Labute approximate surface area is 377 Å². The van der Waals surface area contributed by atoms with Crippen molar-refractivity contribution in [1.82, 2.24) is 0 Å². The van der Waals surface area contributed by atoms with E-state index in [4.69, 9.17) is 14.2 Å². The van der Waals surface area contributed by atoms with Gasteiger partial charge < -0.3 is 14.2 Å². The Morgan fingerprint density at radius 1 is 0.344 bits per heavy atom. The second-order valence-electron chi connectivity index (χ2n) is 17.1. The van der Waals surface area contributed by atoms with E-state index in [2.05, 4.69) is 81.5 Å². The van der Waals surface area contributed by atoms with Gasteiger partial charge in [-0.2, -0.15) is 0 Å². The van der Waals surface area contributed by atoms with Gasteiger partial charge in [0, 0.05) is 19.3 Å². The summed E-state index contributed by atoms with van der Waals surface area (Å²) < 4.78 is 16.8. The van der Waals surface area contributed by atoms with Crippen molar-refractivity contribution in [3.05, 3.63) is 60.8 Å². The third-order valence-corrected chi connectivity index (χ3v) is 11.0. The molecule has 0 radical (unpaired) electrons. The average Bonchev–Trinajstić information content (AvgIpc) is 3.26. The molecule has 1 atom stereocenters. The van der Waals surface area contributed by atoms with E-state index in [0.717, 1.165) is 109 Å². The van der Waals surface area contributed by atoms with Crippen molar-refractivity contribution in [1.29, 1.82) is 0 Å². The zero-order chi connectivity index (χ0) is 44.4. The Bertz CT molecular complexity index is 1120. The molecule has 0 aliphatic heterocycles. The van der Waals surface area contributed by atoms with Gasteiger partial charge in [0.15, 0.2) is 6.10 Å². The topological polar surface area (TPSA) is 78.9 Å². The number of hydrogen-bond donors (Lipinski definition) is 0. The number of carbonyl (C=O) groups is 3. The molecule has 0 spiro atoms. The molecule has 0 unspecified atom stereocenters. The van der Waals surface area contributed by atoms with Crippen molar-refractivity contribution in [3.63, 3.8) is 0 Å². The largest absolute Gasteiger partial charge is 0.462 e. The van der Waals surface area contributed by atoms with E-state index in [1.54, 1.807) is 0 Å². The standard InChI is InChI=1S/C55H96O6/c1-4-7-10-13-16-19-22-24-26-27-29-31-34-37-40-43-46-49-55(58)61-52(50-59-53(56)47-44-41-38-35-32-21-18-15-12-9-6-3)51-60-54(57)48-45-42-39-36-33-30-28-25-23-20-17-14-11-8-5-2/h8,11,16-17,19-20,24-26,28,52H,4-7,9-10,12-15,18,21-23,27,29-51H2,1-3H3/b11-8-,19-16-,20-17-,26-24-,28-25-/t52-/m0/s1. The summed E-state index contributed by atoms with van der Waals surface area (Å²) >= 11 is 0. The summed E-state index contributed by atoms with van der Waals surface area (Å²) in [7, 11) is 0. The Morgan fingerprint density at radius 3 is 1.03 bits per heavy atom. The number of hydrogen-bond acceptors (Lipinski definition) is 6. The van der Waals surface area contributed by atoms with Crippen molar-refractivity contribution in [2.45, 2.75) is 258 Å². The van der Waals surface area contributed by atoms with E-state index < -0.39 is 6.10 Å². The first-order valence-electron chi connectivity index (χ1n) is 25.8. The number of ether oxygens (including phenoxy) is 3. The summed E-state index contributed by atoms with van der Waals surface area (Å²) in [5.74, 6) is -0.903. The lowest BCUT2D eigenvalue weighted by atomic mass is 10.1. The van der Waals surface area contributed by atoms with Crippen molar-refractivity contribution in [2.24, 2.45) is 0 Å². The Kier molecular flexibility index (Phi) is 47.4. The van der Waals surface area contributed by atoms with Crippen LogP contribution in [0, 0.1) is 0 Å². The molecule has 0 amide bonds.